The van der Waals surface area contributed by atoms with Gasteiger partial charge in [-0.1, -0.05) is 0 Å². The molecule has 0 spiro atoms. The van der Waals surface area contributed by atoms with Crippen LogP contribution in [0.3, 0.4) is 0 Å². The van der Waals surface area contributed by atoms with E-state index in [0.29, 0.717) is 5.92 Å². The molecule has 5 heterocycles. The zero-order valence-corrected chi connectivity index (χ0v) is 13.6. The zero-order chi connectivity index (χ0) is 16.8. The Labute approximate surface area is 142 Å². The van der Waals surface area contributed by atoms with Crippen molar-refractivity contribution in [2.45, 2.75) is 0 Å². The van der Waals surface area contributed by atoms with Gasteiger partial charge in [-0.05, 0) is 12.1 Å². The number of rotatable bonds is 4. The van der Waals surface area contributed by atoms with Gasteiger partial charge in [0.2, 0.25) is 0 Å². The van der Waals surface area contributed by atoms with Crippen LogP contribution in [0.2, 0.25) is 0 Å². The second kappa shape index (κ2) is 5.36. The van der Waals surface area contributed by atoms with Crippen molar-refractivity contribution in [3.8, 4) is 0 Å². The first-order valence-electron chi connectivity index (χ1n) is 8.06. The molecule has 4 aromatic rings. The summed E-state index contributed by atoms with van der Waals surface area (Å²) in [6, 6.07) is 3.91. The van der Waals surface area contributed by atoms with Crippen LogP contribution in [0.1, 0.15) is 0 Å². The smallest absolute Gasteiger partial charge is 0.177 e. The lowest BCUT2D eigenvalue weighted by molar-refractivity contribution is 0.425. The van der Waals surface area contributed by atoms with Crippen LogP contribution >= 0.6 is 0 Å². The molecule has 10 nitrogen and oxygen atoms in total. The zero-order valence-electron chi connectivity index (χ0n) is 13.6. The molecule has 5 rings (SSSR count). The highest BCUT2D eigenvalue weighted by Crippen LogP contribution is 2.24. The molecule has 0 atom stereocenters. The second-order valence-corrected chi connectivity index (χ2v) is 6.20. The number of anilines is 2. The lowest BCUT2D eigenvalue weighted by Gasteiger charge is -2.40. The highest BCUT2D eigenvalue weighted by Gasteiger charge is 2.28. The summed E-state index contributed by atoms with van der Waals surface area (Å²) in [5.41, 5.74) is 1.59. The molecule has 0 saturated carbocycles. The number of aryl methyl sites for hydroxylation is 1. The van der Waals surface area contributed by atoms with Crippen molar-refractivity contribution < 1.29 is 0 Å². The molecule has 1 aliphatic heterocycles. The summed E-state index contributed by atoms with van der Waals surface area (Å²) in [5, 5.41) is 20.9. The molecule has 1 saturated heterocycles. The Balaban J connectivity index is 1.23. The molecular weight excluding hydrogens is 320 g/mol. The molecule has 0 bridgehead atoms. The number of hydrogen-bond donors (Lipinski definition) is 1. The summed E-state index contributed by atoms with van der Waals surface area (Å²) in [5.74, 6) is 2.32. The minimum absolute atomic E-state index is 0.542. The van der Waals surface area contributed by atoms with Crippen molar-refractivity contribution in [2.24, 2.45) is 13.0 Å². The first-order valence-corrected chi connectivity index (χ1v) is 8.06. The third-order valence-corrected chi connectivity index (χ3v) is 4.52. The van der Waals surface area contributed by atoms with Gasteiger partial charge in [-0.2, -0.15) is 9.61 Å². The van der Waals surface area contributed by atoms with Crippen LogP contribution < -0.4 is 10.2 Å². The predicted molar refractivity (Wildman–Crippen MR) is 91.3 cm³/mol. The van der Waals surface area contributed by atoms with Crippen molar-refractivity contribution in [1.82, 2.24) is 39.6 Å². The fourth-order valence-corrected chi connectivity index (χ4v) is 3.12. The van der Waals surface area contributed by atoms with Gasteiger partial charge in [0.1, 0.15) is 24.3 Å². The Morgan fingerprint density at radius 1 is 1.24 bits per heavy atom. The van der Waals surface area contributed by atoms with E-state index < -0.39 is 0 Å². The summed E-state index contributed by atoms with van der Waals surface area (Å²) in [7, 11) is 1.88. The lowest BCUT2D eigenvalue weighted by atomic mass is 10.0. The van der Waals surface area contributed by atoms with Gasteiger partial charge in [-0.3, -0.25) is 4.68 Å². The van der Waals surface area contributed by atoms with Gasteiger partial charge in [-0.15, -0.1) is 15.3 Å². The molecule has 10 heteroatoms. The van der Waals surface area contributed by atoms with E-state index in [0.717, 1.165) is 48.0 Å². The quantitative estimate of drug-likeness (QED) is 0.569. The summed E-state index contributed by atoms with van der Waals surface area (Å²) in [6.45, 7) is 2.76. The van der Waals surface area contributed by atoms with Gasteiger partial charge in [0.05, 0.1) is 11.6 Å². The molecule has 1 N–H and O–H groups in total. The van der Waals surface area contributed by atoms with E-state index in [1.807, 2.05) is 19.2 Å². The maximum absolute atomic E-state index is 4.52. The van der Waals surface area contributed by atoms with Gasteiger partial charge in [-0.25, -0.2) is 9.97 Å². The fourth-order valence-electron chi connectivity index (χ4n) is 3.12. The largest absolute Gasteiger partial charge is 0.369 e. The summed E-state index contributed by atoms with van der Waals surface area (Å²) in [4.78, 5) is 10.8. The van der Waals surface area contributed by atoms with E-state index in [-0.39, 0.29) is 0 Å². The molecule has 1 aliphatic rings. The summed E-state index contributed by atoms with van der Waals surface area (Å²) < 4.78 is 3.45. The van der Waals surface area contributed by atoms with Crippen molar-refractivity contribution in [1.29, 1.82) is 0 Å². The van der Waals surface area contributed by atoms with Gasteiger partial charge < -0.3 is 10.2 Å². The first kappa shape index (κ1) is 14.1. The Hall–Kier alpha value is -3.30. The Morgan fingerprint density at radius 2 is 2.16 bits per heavy atom. The van der Waals surface area contributed by atoms with Crippen LogP contribution in [-0.2, 0) is 7.05 Å². The minimum Gasteiger partial charge on any atom is -0.369 e. The normalized spacial score (nSPS) is 15.0. The van der Waals surface area contributed by atoms with Crippen LogP contribution in [0.15, 0.2) is 31.0 Å². The Kier molecular flexibility index (Phi) is 3.02. The van der Waals surface area contributed by atoms with Crippen molar-refractivity contribution in [3.63, 3.8) is 0 Å². The maximum Gasteiger partial charge on any atom is 0.177 e. The monoisotopic (exact) mass is 336 g/mol. The Morgan fingerprint density at radius 3 is 3.08 bits per heavy atom. The van der Waals surface area contributed by atoms with E-state index >= 15 is 0 Å². The first-order chi connectivity index (χ1) is 12.3. The van der Waals surface area contributed by atoms with Crippen LogP contribution in [-0.4, -0.2) is 59.2 Å². The average Bonchev–Trinajstić information content (AvgIpc) is 3.20. The molecule has 1 fully saturated rings. The molecular formula is C15H16N10. The highest BCUT2D eigenvalue weighted by atomic mass is 15.4. The van der Waals surface area contributed by atoms with E-state index in [1.54, 1.807) is 28.0 Å². The van der Waals surface area contributed by atoms with Gasteiger partial charge in [0.25, 0.3) is 0 Å². The van der Waals surface area contributed by atoms with Crippen LogP contribution in [0.25, 0.3) is 16.7 Å². The van der Waals surface area contributed by atoms with Crippen LogP contribution in [0.5, 0.6) is 0 Å². The van der Waals surface area contributed by atoms with Gasteiger partial charge >= 0.3 is 0 Å². The van der Waals surface area contributed by atoms with Crippen LogP contribution in [0, 0.1) is 5.92 Å². The third kappa shape index (κ3) is 2.33. The van der Waals surface area contributed by atoms with Gasteiger partial charge in [0.15, 0.2) is 11.3 Å². The highest BCUT2D eigenvalue weighted by molar-refractivity contribution is 5.85. The molecule has 126 valence electrons. The molecule has 0 unspecified atom stereocenters. The SMILES string of the molecule is Cn1ncc2c(NCC3CN(c4ccc5nncn5n4)C3)ncnc21. The van der Waals surface area contributed by atoms with Gasteiger partial charge in [0, 0.05) is 32.6 Å². The predicted octanol–water partition coefficient (Wildman–Crippen LogP) is 0.349. The number of fused-ring (bicyclic) bond motifs is 2. The Bertz CT molecular complexity index is 1040. The number of hydrogen-bond acceptors (Lipinski definition) is 8. The third-order valence-electron chi connectivity index (χ3n) is 4.52. The second-order valence-electron chi connectivity index (χ2n) is 6.20. The number of aromatic nitrogens is 8. The number of nitrogens with zero attached hydrogens (tertiary/aromatic N) is 9. The summed E-state index contributed by atoms with van der Waals surface area (Å²) in [6.07, 6.45) is 4.98. The van der Waals surface area contributed by atoms with E-state index in [9.17, 15) is 0 Å². The molecule has 0 amide bonds. The molecule has 0 radical (unpaired) electrons. The van der Waals surface area contributed by atoms with E-state index in [4.69, 9.17) is 0 Å². The molecule has 4 aromatic heterocycles. The van der Waals surface area contributed by atoms with Crippen molar-refractivity contribution in [3.05, 3.63) is 31.0 Å². The fraction of sp³-hybridized carbons (Fsp3) is 0.333. The molecule has 25 heavy (non-hydrogen) atoms. The van der Waals surface area contributed by atoms with Crippen LogP contribution in [0.4, 0.5) is 11.6 Å². The maximum atomic E-state index is 4.52. The van der Waals surface area contributed by atoms with Crippen molar-refractivity contribution >= 4 is 28.3 Å². The topological polar surface area (TPSA) is 102 Å². The lowest BCUT2D eigenvalue weighted by Crippen LogP contribution is -2.50. The molecule has 0 aliphatic carbocycles. The number of nitrogens with one attached hydrogen (secondary N) is 1. The summed E-state index contributed by atoms with van der Waals surface area (Å²) >= 11 is 0. The van der Waals surface area contributed by atoms with E-state index in [1.165, 1.54) is 0 Å². The van der Waals surface area contributed by atoms with Crippen molar-refractivity contribution in [2.75, 3.05) is 29.9 Å². The average molecular weight is 336 g/mol. The standard InChI is InChI=1S/C15H16N10/c1-23-15-11(5-20-23)14(17-8-18-15)16-4-10-6-24(7-10)13-3-2-12-21-19-9-25(12)22-13/h2-3,5,8-10H,4,6-7H2,1H3,(H,16,17,18). The minimum atomic E-state index is 0.542. The molecule has 0 aromatic carbocycles. The van der Waals surface area contributed by atoms with E-state index in [2.05, 4.69) is 40.6 Å².